The second kappa shape index (κ2) is 7.14. The van der Waals surface area contributed by atoms with E-state index in [4.69, 9.17) is 16.3 Å². The molecule has 2 fully saturated rings. The predicted molar refractivity (Wildman–Crippen MR) is 78.3 cm³/mol. The molecule has 2 atom stereocenters. The van der Waals surface area contributed by atoms with Crippen LogP contribution in [0.25, 0.3) is 0 Å². The molecule has 0 radical (unpaired) electrons. The van der Waals surface area contributed by atoms with Gasteiger partial charge in [0.15, 0.2) is 0 Å². The molecular formula is C16H29ClO. The maximum absolute atomic E-state index is 6.42. The summed E-state index contributed by atoms with van der Waals surface area (Å²) < 4.78 is 6.11. The van der Waals surface area contributed by atoms with E-state index < -0.39 is 0 Å². The minimum Gasteiger partial charge on any atom is -0.378 e. The highest BCUT2D eigenvalue weighted by Gasteiger charge is 2.55. The first kappa shape index (κ1) is 14.7. The van der Waals surface area contributed by atoms with E-state index in [1.807, 2.05) is 0 Å². The molecule has 0 bridgehead atoms. The standard InChI is InChI=1S/C16H29ClO/c1-2-3-4-5-6-9-12-18-15-13-14(17)16(15)10-7-8-11-16/h14-15H,2-13H2,1H3. The summed E-state index contributed by atoms with van der Waals surface area (Å²) in [5.74, 6) is 0. The molecule has 1 spiro atoms. The summed E-state index contributed by atoms with van der Waals surface area (Å²) in [4.78, 5) is 0. The van der Waals surface area contributed by atoms with Crippen molar-refractivity contribution in [3.8, 4) is 0 Å². The van der Waals surface area contributed by atoms with Crippen molar-refractivity contribution in [3.05, 3.63) is 0 Å². The zero-order valence-electron chi connectivity index (χ0n) is 11.9. The van der Waals surface area contributed by atoms with E-state index in [1.54, 1.807) is 0 Å². The normalized spacial score (nSPS) is 29.7. The van der Waals surface area contributed by atoms with Gasteiger partial charge in [-0.2, -0.15) is 0 Å². The van der Waals surface area contributed by atoms with Crippen molar-refractivity contribution < 1.29 is 4.74 Å². The fraction of sp³-hybridized carbons (Fsp3) is 1.00. The van der Waals surface area contributed by atoms with Gasteiger partial charge in [-0.05, 0) is 25.7 Å². The Kier molecular flexibility index (Phi) is 5.82. The van der Waals surface area contributed by atoms with Gasteiger partial charge in [0.1, 0.15) is 0 Å². The first-order valence-electron chi connectivity index (χ1n) is 8.05. The Labute approximate surface area is 118 Å². The topological polar surface area (TPSA) is 9.23 Å². The van der Waals surface area contributed by atoms with Gasteiger partial charge < -0.3 is 4.74 Å². The molecule has 106 valence electrons. The molecule has 0 heterocycles. The SMILES string of the molecule is CCCCCCCCOC1CC(Cl)C12CCCC2. The van der Waals surface area contributed by atoms with Crippen LogP contribution in [0.15, 0.2) is 0 Å². The van der Waals surface area contributed by atoms with E-state index in [1.165, 1.54) is 64.2 Å². The second-order valence-corrected chi connectivity index (χ2v) is 6.80. The molecule has 1 nitrogen and oxygen atoms in total. The Morgan fingerprint density at radius 2 is 1.72 bits per heavy atom. The average Bonchev–Trinajstić information content (AvgIpc) is 2.88. The first-order valence-corrected chi connectivity index (χ1v) is 8.49. The van der Waals surface area contributed by atoms with E-state index in [2.05, 4.69) is 6.92 Å². The molecule has 2 unspecified atom stereocenters. The van der Waals surface area contributed by atoms with Crippen LogP contribution in [0.2, 0.25) is 0 Å². The van der Waals surface area contributed by atoms with Crippen molar-refractivity contribution in [2.45, 2.75) is 89.0 Å². The van der Waals surface area contributed by atoms with Crippen LogP contribution in [-0.4, -0.2) is 18.1 Å². The maximum atomic E-state index is 6.42. The number of alkyl halides is 1. The molecule has 2 aliphatic rings. The third-order valence-corrected chi connectivity index (χ3v) is 5.65. The Morgan fingerprint density at radius 1 is 1.06 bits per heavy atom. The molecule has 0 aromatic rings. The highest BCUT2D eigenvalue weighted by Crippen LogP contribution is 2.57. The molecule has 0 N–H and O–H groups in total. The fourth-order valence-electron chi connectivity index (χ4n) is 3.71. The van der Waals surface area contributed by atoms with Crippen LogP contribution in [0.5, 0.6) is 0 Å². The van der Waals surface area contributed by atoms with Gasteiger partial charge in [0.25, 0.3) is 0 Å². The van der Waals surface area contributed by atoms with Crippen molar-refractivity contribution in [2.75, 3.05) is 6.61 Å². The molecule has 2 saturated carbocycles. The molecule has 0 amide bonds. The average molecular weight is 273 g/mol. The van der Waals surface area contributed by atoms with Crippen LogP contribution in [-0.2, 0) is 4.74 Å². The van der Waals surface area contributed by atoms with Gasteiger partial charge in [0, 0.05) is 17.4 Å². The molecular weight excluding hydrogens is 244 g/mol. The second-order valence-electron chi connectivity index (χ2n) is 6.27. The molecule has 0 aromatic heterocycles. The highest BCUT2D eigenvalue weighted by atomic mass is 35.5. The summed E-state index contributed by atoms with van der Waals surface area (Å²) in [5, 5.41) is 0.398. The van der Waals surface area contributed by atoms with Gasteiger partial charge in [-0.3, -0.25) is 0 Å². The molecule has 0 saturated heterocycles. The third-order valence-electron chi connectivity index (χ3n) is 5.04. The van der Waals surface area contributed by atoms with Crippen molar-refractivity contribution in [1.29, 1.82) is 0 Å². The minimum atomic E-state index is 0.379. The lowest BCUT2D eigenvalue weighted by Gasteiger charge is -2.51. The summed E-state index contributed by atoms with van der Waals surface area (Å²) in [6.45, 7) is 3.23. The molecule has 2 aliphatic carbocycles. The van der Waals surface area contributed by atoms with Gasteiger partial charge in [-0.25, -0.2) is 0 Å². The van der Waals surface area contributed by atoms with Gasteiger partial charge in [-0.15, -0.1) is 11.6 Å². The van der Waals surface area contributed by atoms with Crippen LogP contribution in [0.4, 0.5) is 0 Å². The first-order chi connectivity index (χ1) is 8.79. The maximum Gasteiger partial charge on any atom is 0.0659 e. The largest absolute Gasteiger partial charge is 0.378 e. The zero-order chi connectivity index (χ0) is 12.8. The lowest BCUT2D eigenvalue weighted by molar-refractivity contribution is -0.105. The Balaban J connectivity index is 1.55. The number of hydrogen-bond donors (Lipinski definition) is 0. The predicted octanol–water partition coefficient (Wildman–Crippen LogP) is 5.30. The molecule has 2 heteroatoms. The van der Waals surface area contributed by atoms with Crippen LogP contribution in [0.3, 0.4) is 0 Å². The number of ether oxygens (including phenoxy) is 1. The monoisotopic (exact) mass is 272 g/mol. The van der Waals surface area contributed by atoms with Gasteiger partial charge in [-0.1, -0.05) is 51.9 Å². The van der Waals surface area contributed by atoms with Crippen molar-refractivity contribution in [2.24, 2.45) is 5.41 Å². The summed E-state index contributed by atoms with van der Waals surface area (Å²) in [5.41, 5.74) is 0.379. The van der Waals surface area contributed by atoms with Crippen LogP contribution in [0, 0.1) is 5.41 Å². The lowest BCUT2D eigenvalue weighted by atomic mass is 9.64. The Morgan fingerprint density at radius 3 is 2.39 bits per heavy atom. The van der Waals surface area contributed by atoms with Gasteiger partial charge >= 0.3 is 0 Å². The number of rotatable bonds is 8. The van der Waals surface area contributed by atoms with E-state index in [9.17, 15) is 0 Å². The number of hydrogen-bond acceptors (Lipinski definition) is 1. The molecule has 0 aliphatic heterocycles. The quantitative estimate of drug-likeness (QED) is 0.430. The van der Waals surface area contributed by atoms with E-state index in [-0.39, 0.29) is 0 Å². The summed E-state index contributed by atoms with van der Waals surface area (Å²) in [6, 6.07) is 0. The number of unbranched alkanes of at least 4 members (excludes halogenated alkanes) is 5. The summed E-state index contributed by atoms with van der Waals surface area (Å²) in [6.07, 6.45) is 15.0. The Bertz CT molecular complexity index is 235. The van der Waals surface area contributed by atoms with Crippen molar-refractivity contribution >= 4 is 11.6 Å². The zero-order valence-corrected chi connectivity index (χ0v) is 12.7. The molecule has 18 heavy (non-hydrogen) atoms. The van der Waals surface area contributed by atoms with Crippen molar-refractivity contribution in [1.82, 2.24) is 0 Å². The van der Waals surface area contributed by atoms with Gasteiger partial charge in [0.05, 0.1) is 6.10 Å². The molecule has 0 aromatic carbocycles. The molecule has 2 rings (SSSR count). The fourth-order valence-corrected chi connectivity index (χ4v) is 4.23. The number of halogens is 1. The van der Waals surface area contributed by atoms with E-state index in [0.717, 1.165) is 13.0 Å². The van der Waals surface area contributed by atoms with Gasteiger partial charge in [0.2, 0.25) is 0 Å². The summed E-state index contributed by atoms with van der Waals surface area (Å²) >= 11 is 6.42. The van der Waals surface area contributed by atoms with Crippen LogP contribution >= 0.6 is 11.6 Å². The van der Waals surface area contributed by atoms with E-state index >= 15 is 0 Å². The highest BCUT2D eigenvalue weighted by molar-refractivity contribution is 6.21. The minimum absolute atomic E-state index is 0.379. The Hall–Kier alpha value is 0.250. The summed E-state index contributed by atoms with van der Waals surface area (Å²) in [7, 11) is 0. The smallest absolute Gasteiger partial charge is 0.0659 e. The van der Waals surface area contributed by atoms with E-state index in [0.29, 0.717) is 16.9 Å². The van der Waals surface area contributed by atoms with Crippen LogP contribution < -0.4 is 0 Å². The third kappa shape index (κ3) is 3.22. The van der Waals surface area contributed by atoms with Crippen molar-refractivity contribution in [3.63, 3.8) is 0 Å². The lowest BCUT2D eigenvalue weighted by Crippen LogP contribution is -2.54. The van der Waals surface area contributed by atoms with Crippen LogP contribution in [0.1, 0.15) is 77.6 Å².